The van der Waals surface area contributed by atoms with Gasteiger partial charge in [0.25, 0.3) is 0 Å². The SMILES string of the molecule is O=C(COc1ccc(Cl)cc1Cl)OC1CS(=O)(=O)CC1N1CCCCCC1. The van der Waals surface area contributed by atoms with E-state index >= 15 is 0 Å². The van der Waals surface area contributed by atoms with E-state index < -0.39 is 21.9 Å². The molecular formula is C18H23Cl2NO5S. The second kappa shape index (κ2) is 8.99. The molecule has 3 rings (SSSR count). The van der Waals surface area contributed by atoms with Crippen molar-refractivity contribution in [2.24, 2.45) is 0 Å². The van der Waals surface area contributed by atoms with Gasteiger partial charge in [-0.05, 0) is 44.1 Å². The fourth-order valence-corrected chi connectivity index (χ4v) is 5.94. The highest BCUT2D eigenvalue weighted by Crippen LogP contribution is 2.28. The molecule has 2 fully saturated rings. The first-order chi connectivity index (χ1) is 12.8. The Balaban J connectivity index is 1.60. The van der Waals surface area contributed by atoms with Gasteiger partial charge in [0.15, 0.2) is 16.4 Å². The van der Waals surface area contributed by atoms with E-state index in [0.29, 0.717) is 15.8 Å². The molecule has 0 bridgehead atoms. The van der Waals surface area contributed by atoms with E-state index in [1.807, 2.05) is 0 Å². The van der Waals surface area contributed by atoms with Crippen LogP contribution in [0.2, 0.25) is 10.0 Å². The summed E-state index contributed by atoms with van der Waals surface area (Å²) < 4.78 is 35.1. The Labute approximate surface area is 169 Å². The molecule has 0 N–H and O–H groups in total. The van der Waals surface area contributed by atoms with Crippen LogP contribution in [-0.2, 0) is 19.4 Å². The Morgan fingerprint density at radius 1 is 1.11 bits per heavy atom. The van der Waals surface area contributed by atoms with Crippen molar-refractivity contribution in [3.63, 3.8) is 0 Å². The van der Waals surface area contributed by atoms with Gasteiger partial charge in [-0.2, -0.15) is 0 Å². The van der Waals surface area contributed by atoms with Crippen molar-refractivity contribution in [2.75, 3.05) is 31.2 Å². The number of sulfone groups is 1. The number of esters is 1. The predicted molar refractivity (Wildman–Crippen MR) is 104 cm³/mol. The quantitative estimate of drug-likeness (QED) is 0.661. The maximum atomic E-state index is 12.2. The van der Waals surface area contributed by atoms with Gasteiger partial charge in [0.05, 0.1) is 22.6 Å². The summed E-state index contributed by atoms with van der Waals surface area (Å²) in [5.74, 6) is -0.389. The normalized spacial score (nSPS) is 25.7. The topological polar surface area (TPSA) is 72.9 Å². The van der Waals surface area contributed by atoms with Crippen molar-refractivity contribution in [1.29, 1.82) is 0 Å². The fourth-order valence-electron chi connectivity index (χ4n) is 3.61. The first-order valence-corrected chi connectivity index (χ1v) is 11.6. The van der Waals surface area contributed by atoms with E-state index in [1.165, 1.54) is 6.07 Å². The van der Waals surface area contributed by atoms with Crippen LogP contribution >= 0.6 is 23.2 Å². The number of halogens is 2. The van der Waals surface area contributed by atoms with Gasteiger partial charge in [-0.15, -0.1) is 0 Å². The number of carbonyl (C=O) groups excluding carboxylic acids is 1. The molecule has 0 spiro atoms. The molecule has 0 saturated carbocycles. The average molecular weight is 436 g/mol. The third-order valence-corrected chi connectivity index (χ3v) is 7.12. The van der Waals surface area contributed by atoms with Gasteiger partial charge in [0.2, 0.25) is 0 Å². The summed E-state index contributed by atoms with van der Waals surface area (Å²) in [7, 11) is -3.23. The third-order valence-electron chi connectivity index (χ3n) is 4.90. The largest absolute Gasteiger partial charge is 0.480 e. The van der Waals surface area contributed by atoms with Gasteiger partial charge in [0.1, 0.15) is 11.9 Å². The van der Waals surface area contributed by atoms with Crippen molar-refractivity contribution in [2.45, 2.75) is 37.8 Å². The highest BCUT2D eigenvalue weighted by atomic mass is 35.5. The van der Waals surface area contributed by atoms with E-state index in [9.17, 15) is 13.2 Å². The Morgan fingerprint density at radius 2 is 1.81 bits per heavy atom. The van der Waals surface area contributed by atoms with Gasteiger partial charge in [0, 0.05) is 5.02 Å². The molecule has 9 heteroatoms. The van der Waals surface area contributed by atoms with Gasteiger partial charge < -0.3 is 9.47 Å². The molecule has 2 unspecified atom stereocenters. The lowest BCUT2D eigenvalue weighted by molar-refractivity contribution is -0.152. The molecule has 27 heavy (non-hydrogen) atoms. The highest BCUT2D eigenvalue weighted by Gasteiger charge is 2.43. The Hall–Kier alpha value is -1.02. The summed E-state index contributed by atoms with van der Waals surface area (Å²) in [6.07, 6.45) is 3.71. The summed E-state index contributed by atoms with van der Waals surface area (Å²) >= 11 is 11.8. The van der Waals surface area contributed by atoms with Crippen LogP contribution in [0.3, 0.4) is 0 Å². The summed E-state index contributed by atoms with van der Waals surface area (Å²) in [6, 6.07) is 4.41. The zero-order valence-electron chi connectivity index (χ0n) is 14.9. The van der Waals surface area contributed by atoms with Crippen LogP contribution in [0, 0.1) is 0 Å². The van der Waals surface area contributed by atoms with Gasteiger partial charge in [-0.25, -0.2) is 13.2 Å². The summed E-state index contributed by atoms with van der Waals surface area (Å²) in [6.45, 7) is 1.33. The fraction of sp³-hybridized carbons (Fsp3) is 0.611. The molecule has 0 aromatic heterocycles. The van der Waals surface area contributed by atoms with E-state index in [4.69, 9.17) is 32.7 Å². The number of hydrogen-bond donors (Lipinski definition) is 0. The number of carbonyl (C=O) groups is 1. The van der Waals surface area contributed by atoms with Gasteiger partial charge >= 0.3 is 5.97 Å². The first kappa shape index (κ1) is 20.7. The number of likely N-dealkylation sites (tertiary alicyclic amines) is 1. The van der Waals surface area contributed by atoms with Crippen LogP contribution in [0.1, 0.15) is 25.7 Å². The van der Waals surface area contributed by atoms with Gasteiger partial charge in [-0.3, -0.25) is 4.90 Å². The molecule has 2 saturated heterocycles. The smallest absolute Gasteiger partial charge is 0.344 e. The number of rotatable bonds is 5. The lowest BCUT2D eigenvalue weighted by atomic mass is 10.1. The van der Waals surface area contributed by atoms with E-state index in [1.54, 1.807) is 12.1 Å². The lowest BCUT2D eigenvalue weighted by Crippen LogP contribution is -2.45. The van der Waals surface area contributed by atoms with Gasteiger partial charge in [-0.1, -0.05) is 36.0 Å². The number of nitrogens with zero attached hydrogens (tertiary/aromatic N) is 1. The molecule has 2 aliphatic heterocycles. The predicted octanol–water partition coefficient (Wildman–Crippen LogP) is 2.96. The average Bonchev–Trinajstić information content (AvgIpc) is 2.78. The molecule has 2 atom stereocenters. The monoisotopic (exact) mass is 435 g/mol. The second-order valence-corrected chi connectivity index (χ2v) is 9.98. The molecule has 150 valence electrons. The molecule has 0 radical (unpaired) electrons. The first-order valence-electron chi connectivity index (χ1n) is 9.06. The third kappa shape index (κ3) is 5.73. The second-order valence-electron chi connectivity index (χ2n) is 6.99. The van der Waals surface area contributed by atoms with Crippen molar-refractivity contribution in [3.8, 4) is 5.75 Å². The number of hydrogen-bond acceptors (Lipinski definition) is 6. The van der Waals surface area contributed by atoms with E-state index in [2.05, 4.69) is 4.90 Å². The molecular weight excluding hydrogens is 413 g/mol. The molecule has 0 amide bonds. The summed E-state index contributed by atoms with van der Waals surface area (Å²) in [5.41, 5.74) is 0. The molecule has 1 aromatic rings. The number of ether oxygens (including phenoxy) is 2. The minimum Gasteiger partial charge on any atom is -0.480 e. The van der Waals surface area contributed by atoms with Crippen LogP contribution in [0.4, 0.5) is 0 Å². The van der Waals surface area contributed by atoms with Crippen LogP contribution in [-0.4, -0.2) is 62.6 Å². The van der Waals surface area contributed by atoms with Crippen molar-refractivity contribution >= 4 is 39.0 Å². The molecule has 1 aromatic carbocycles. The molecule has 2 heterocycles. The Kier molecular flexibility index (Phi) is 6.89. The standard InChI is InChI=1S/C18H23Cl2NO5S/c19-13-5-6-16(14(20)9-13)25-10-18(22)26-17-12-27(23,24)11-15(17)21-7-3-1-2-4-8-21/h5-6,9,15,17H,1-4,7-8,10-12H2. The minimum atomic E-state index is -3.23. The molecule has 0 aliphatic carbocycles. The van der Waals surface area contributed by atoms with E-state index in [-0.39, 0.29) is 24.2 Å². The minimum absolute atomic E-state index is 0.0365. The Morgan fingerprint density at radius 3 is 2.48 bits per heavy atom. The van der Waals surface area contributed by atoms with Crippen LogP contribution in [0.5, 0.6) is 5.75 Å². The maximum Gasteiger partial charge on any atom is 0.344 e. The summed E-state index contributed by atoms with van der Waals surface area (Å²) in [5, 5.41) is 0.757. The van der Waals surface area contributed by atoms with Crippen LogP contribution in [0.25, 0.3) is 0 Å². The summed E-state index contributed by atoms with van der Waals surface area (Å²) in [4.78, 5) is 14.4. The zero-order chi connectivity index (χ0) is 19.4. The molecule has 6 nitrogen and oxygen atoms in total. The van der Waals surface area contributed by atoms with Crippen molar-refractivity contribution in [3.05, 3.63) is 28.2 Å². The highest BCUT2D eigenvalue weighted by molar-refractivity contribution is 7.91. The van der Waals surface area contributed by atoms with Crippen molar-refractivity contribution < 1.29 is 22.7 Å². The van der Waals surface area contributed by atoms with E-state index in [0.717, 1.165) is 38.8 Å². The zero-order valence-corrected chi connectivity index (χ0v) is 17.2. The number of benzene rings is 1. The molecule has 2 aliphatic rings. The lowest BCUT2D eigenvalue weighted by Gasteiger charge is -2.30. The maximum absolute atomic E-state index is 12.2. The van der Waals surface area contributed by atoms with Crippen LogP contribution < -0.4 is 4.74 Å². The van der Waals surface area contributed by atoms with Crippen LogP contribution in [0.15, 0.2) is 18.2 Å². The Bertz CT molecular complexity index is 778. The van der Waals surface area contributed by atoms with Crippen molar-refractivity contribution in [1.82, 2.24) is 4.90 Å².